The molecule has 2 aromatic rings. The maximum Gasteiger partial charge on any atom is 0.265 e. The quantitative estimate of drug-likeness (QED) is 0.744. The molecule has 0 spiro atoms. The van der Waals surface area contributed by atoms with Crippen molar-refractivity contribution in [2.24, 2.45) is 0 Å². The molecule has 1 aliphatic carbocycles. The number of hydrogen-bond donors (Lipinski definition) is 2. The molecule has 0 aromatic heterocycles. The Kier molecular flexibility index (Phi) is 5.56. The van der Waals surface area contributed by atoms with E-state index in [4.69, 9.17) is 4.74 Å². The number of halogens is 2. The highest BCUT2D eigenvalue weighted by Gasteiger charge is 2.23. The van der Waals surface area contributed by atoms with Gasteiger partial charge in [0.2, 0.25) is 0 Å². The van der Waals surface area contributed by atoms with E-state index in [9.17, 15) is 14.0 Å². The van der Waals surface area contributed by atoms with Crippen LogP contribution in [0.15, 0.2) is 46.9 Å². The van der Waals surface area contributed by atoms with Gasteiger partial charge in [0.15, 0.2) is 6.10 Å². The molecule has 0 heterocycles. The zero-order valence-corrected chi connectivity index (χ0v) is 15.7. The third kappa shape index (κ3) is 4.82. The van der Waals surface area contributed by atoms with Gasteiger partial charge in [0, 0.05) is 17.3 Å². The van der Waals surface area contributed by atoms with E-state index in [1.54, 1.807) is 31.2 Å². The van der Waals surface area contributed by atoms with Crippen molar-refractivity contribution in [3.8, 4) is 5.75 Å². The first-order chi connectivity index (χ1) is 12.4. The Morgan fingerprint density at radius 3 is 2.50 bits per heavy atom. The Balaban J connectivity index is 1.57. The predicted molar refractivity (Wildman–Crippen MR) is 99.7 cm³/mol. The van der Waals surface area contributed by atoms with Crippen LogP contribution in [0.4, 0.5) is 10.1 Å². The lowest BCUT2D eigenvalue weighted by atomic mass is 10.2. The highest BCUT2D eigenvalue weighted by Crippen LogP contribution is 2.26. The molecule has 0 radical (unpaired) electrons. The van der Waals surface area contributed by atoms with E-state index in [1.807, 2.05) is 0 Å². The molecule has 0 aliphatic heterocycles. The number of amides is 2. The number of benzene rings is 2. The summed E-state index contributed by atoms with van der Waals surface area (Å²) in [6.07, 6.45) is 1.28. The lowest BCUT2D eigenvalue weighted by Crippen LogP contribution is -2.30. The SMILES string of the molecule is CC(Oc1ccc(F)cc1Br)C(=O)Nc1ccc(C(=O)NC2CC2)cc1. The van der Waals surface area contributed by atoms with Crippen LogP contribution >= 0.6 is 15.9 Å². The van der Waals surface area contributed by atoms with Crippen LogP contribution < -0.4 is 15.4 Å². The first-order valence-electron chi connectivity index (χ1n) is 8.26. The normalized spacial score (nSPS) is 14.4. The van der Waals surface area contributed by atoms with Crippen molar-refractivity contribution < 1.29 is 18.7 Å². The molecule has 1 aliphatic rings. The van der Waals surface area contributed by atoms with Crippen LogP contribution in [0.5, 0.6) is 5.75 Å². The van der Waals surface area contributed by atoms with Crippen molar-refractivity contribution in [2.45, 2.75) is 31.9 Å². The minimum atomic E-state index is -0.783. The molecule has 3 rings (SSSR count). The van der Waals surface area contributed by atoms with Crippen molar-refractivity contribution in [3.05, 3.63) is 58.3 Å². The molecular formula is C19H18BrFN2O3. The Labute approximate surface area is 159 Å². The van der Waals surface area contributed by atoms with Crippen LogP contribution in [0.2, 0.25) is 0 Å². The van der Waals surface area contributed by atoms with Gasteiger partial charge in [-0.1, -0.05) is 0 Å². The minimum Gasteiger partial charge on any atom is -0.480 e. The van der Waals surface area contributed by atoms with Crippen LogP contribution in [-0.2, 0) is 4.79 Å². The van der Waals surface area contributed by atoms with E-state index in [2.05, 4.69) is 26.6 Å². The predicted octanol–water partition coefficient (Wildman–Crippen LogP) is 3.89. The Morgan fingerprint density at radius 1 is 1.19 bits per heavy atom. The van der Waals surface area contributed by atoms with Gasteiger partial charge in [-0.2, -0.15) is 0 Å². The molecule has 2 N–H and O–H groups in total. The maximum absolute atomic E-state index is 13.1. The number of nitrogens with one attached hydrogen (secondary N) is 2. The zero-order chi connectivity index (χ0) is 18.7. The Bertz CT molecular complexity index is 822. The molecule has 2 aromatic carbocycles. The van der Waals surface area contributed by atoms with Crippen LogP contribution in [0.25, 0.3) is 0 Å². The topological polar surface area (TPSA) is 67.4 Å². The molecular weight excluding hydrogens is 403 g/mol. The van der Waals surface area contributed by atoms with E-state index >= 15 is 0 Å². The summed E-state index contributed by atoms with van der Waals surface area (Å²) < 4.78 is 19.1. The summed E-state index contributed by atoms with van der Waals surface area (Å²) in [4.78, 5) is 24.2. The zero-order valence-electron chi connectivity index (χ0n) is 14.1. The lowest BCUT2D eigenvalue weighted by molar-refractivity contribution is -0.122. The van der Waals surface area contributed by atoms with Crippen LogP contribution in [0.3, 0.4) is 0 Å². The van der Waals surface area contributed by atoms with Gasteiger partial charge in [-0.25, -0.2) is 4.39 Å². The Hall–Kier alpha value is -2.41. The summed E-state index contributed by atoms with van der Waals surface area (Å²) >= 11 is 3.20. The summed E-state index contributed by atoms with van der Waals surface area (Å²) in [6, 6.07) is 10.9. The maximum atomic E-state index is 13.1. The van der Waals surface area contributed by atoms with Crippen molar-refractivity contribution in [1.82, 2.24) is 5.32 Å². The molecule has 5 nitrogen and oxygen atoms in total. The fraction of sp³-hybridized carbons (Fsp3) is 0.263. The fourth-order valence-electron chi connectivity index (χ4n) is 2.26. The molecule has 26 heavy (non-hydrogen) atoms. The summed E-state index contributed by atoms with van der Waals surface area (Å²) in [7, 11) is 0. The van der Waals surface area contributed by atoms with Gasteiger partial charge < -0.3 is 15.4 Å². The van der Waals surface area contributed by atoms with Gasteiger partial charge >= 0.3 is 0 Å². The van der Waals surface area contributed by atoms with Gasteiger partial charge in [0.05, 0.1) is 4.47 Å². The largest absolute Gasteiger partial charge is 0.480 e. The fourth-order valence-corrected chi connectivity index (χ4v) is 2.70. The summed E-state index contributed by atoms with van der Waals surface area (Å²) in [5.41, 5.74) is 1.11. The number of carbonyl (C=O) groups is 2. The number of ether oxygens (including phenoxy) is 1. The molecule has 2 amide bonds. The second kappa shape index (κ2) is 7.86. The van der Waals surface area contributed by atoms with Crippen molar-refractivity contribution in [3.63, 3.8) is 0 Å². The van der Waals surface area contributed by atoms with E-state index in [1.165, 1.54) is 18.2 Å². The van der Waals surface area contributed by atoms with Crippen molar-refractivity contribution in [2.75, 3.05) is 5.32 Å². The number of rotatable bonds is 6. The summed E-state index contributed by atoms with van der Waals surface area (Å²) in [6.45, 7) is 1.60. The standard InChI is InChI=1S/C19H18BrFN2O3/c1-11(26-17-9-4-13(21)10-16(17)20)18(24)22-14-5-2-12(3-6-14)19(25)23-15-7-8-15/h2-6,9-11,15H,7-8H2,1H3,(H,22,24)(H,23,25). The van der Waals surface area contributed by atoms with Gasteiger partial charge in [-0.3, -0.25) is 9.59 Å². The van der Waals surface area contributed by atoms with Crippen molar-refractivity contribution in [1.29, 1.82) is 0 Å². The van der Waals surface area contributed by atoms with Gasteiger partial charge in [-0.05, 0) is 78.2 Å². The molecule has 7 heteroatoms. The monoisotopic (exact) mass is 420 g/mol. The van der Waals surface area contributed by atoms with Crippen molar-refractivity contribution >= 4 is 33.4 Å². The first-order valence-corrected chi connectivity index (χ1v) is 9.05. The summed E-state index contributed by atoms with van der Waals surface area (Å²) in [5.74, 6) is -0.479. The molecule has 1 fully saturated rings. The lowest BCUT2D eigenvalue weighted by Gasteiger charge is -2.16. The third-order valence-corrected chi connectivity index (χ3v) is 4.51. The highest BCUT2D eigenvalue weighted by atomic mass is 79.9. The number of hydrogen-bond acceptors (Lipinski definition) is 3. The van der Waals surface area contributed by atoms with Gasteiger partial charge in [-0.15, -0.1) is 0 Å². The molecule has 136 valence electrons. The smallest absolute Gasteiger partial charge is 0.265 e. The molecule has 1 atom stereocenters. The second-order valence-corrected chi connectivity index (χ2v) is 7.00. The molecule has 0 saturated heterocycles. The average molecular weight is 421 g/mol. The number of carbonyl (C=O) groups excluding carboxylic acids is 2. The highest BCUT2D eigenvalue weighted by molar-refractivity contribution is 9.10. The van der Waals surface area contributed by atoms with E-state index in [0.717, 1.165) is 12.8 Å². The van der Waals surface area contributed by atoms with Crippen LogP contribution in [-0.4, -0.2) is 24.0 Å². The molecule has 1 saturated carbocycles. The second-order valence-electron chi connectivity index (χ2n) is 6.15. The van der Waals surface area contributed by atoms with Crippen LogP contribution in [0.1, 0.15) is 30.1 Å². The van der Waals surface area contributed by atoms with E-state index in [-0.39, 0.29) is 11.8 Å². The van der Waals surface area contributed by atoms with E-state index < -0.39 is 11.9 Å². The van der Waals surface area contributed by atoms with Gasteiger partial charge in [0.1, 0.15) is 11.6 Å². The molecule has 1 unspecified atom stereocenters. The Morgan fingerprint density at radius 2 is 1.88 bits per heavy atom. The van der Waals surface area contributed by atoms with Crippen LogP contribution in [0, 0.1) is 5.82 Å². The minimum absolute atomic E-state index is 0.108. The first kappa shape index (κ1) is 18.4. The third-order valence-electron chi connectivity index (χ3n) is 3.89. The van der Waals surface area contributed by atoms with Gasteiger partial charge in [0.25, 0.3) is 11.8 Å². The average Bonchev–Trinajstić information content (AvgIpc) is 3.41. The summed E-state index contributed by atoms with van der Waals surface area (Å²) in [5, 5.41) is 5.63. The number of anilines is 1. The van der Waals surface area contributed by atoms with E-state index in [0.29, 0.717) is 27.5 Å². The molecule has 0 bridgehead atoms.